The summed E-state index contributed by atoms with van der Waals surface area (Å²) in [7, 11) is -3.46. The van der Waals surface area contributed by atoms with Crippen molar-refractivity contribution in [1.82, 2.24) is 4.90 Å². The molecule has 2 aromatic carbocycles. The summed E-state index contributed by atoms with van der Waals surface area (Å²) in [4.78, 5) is 14.4. The van der Waals surface area contributed by atoms with E-state index in [1.54, 1.807) is 0 Å². The molecule has 2 aromatic rings. The lowest BCUT2D eigenvalue weighted by Gasteiger charge is -2.21. The van der Waals surface area contributed by atoms with Gasteiger partial charge in [0, 0.05) is 5.69 Å². The molecule has 0 saturated carbocycles. The van der Waals surface area contributed by atoms with Gasteiger partial charge >= 0.3 is 0 Å². The molecule has 0 aliphatic rings. The van der Waals surface area contributed by atoms with Crippen molar-refractivity contribution in [3.05, 3.63) is 59.9 Å². The number of carbonyl (C=O) groups is 1. The van der Waals surface area contributed by atoms with Gasteiger partial charge < -0.3 is 5.32 Å². The maximum atomic E-state index is 13.0. The molecule has 1 amide bonds. The molecule has 0 unspecified atom stereocenters. The van der Waals surface area contributed by atoms with Crippen LogP contribution >= 0.6 is 0 Å². The van der Waals surface area contributed by atoms with E-state index in [9.17, 15) is 17.6 Å². The first kappa shape index (κ1) is 22.0. The van der Waals surface area contributed by atoms with Gasteiger partial charge in [0.25, 0.3) is 0 Å². The Hall–Kier alpha value is -2.25. The Morgan fingerprint density at radius 1 is 1.07 bits per heavy atom. The predicted molar refractivity (Wildman–Crippen MR) is 110 cm³/mol. The standard InChI is InChI=1S/C21H27FN2O3S/c1-3-13-24(16-21(25)23-20-8-5-4-7-17(20)2)14-6-15-28(26,27)19-11-9-18(22)10-12-19/h4-5,7-12H,3,6,13-16H2,1-2H3,(H,23,25). The number of nitrogens with zero attached hydrogens (tertiary/aromatic N) is 1. The van der Waals surface area contributed by atoms with Crippen LogP contribution in [-0.2, 0) is 14.6 Å². The van der Waals surface area contributed by atoms with Gasteiger partial charge in [-0.1, -0.05) is 25.1 Å². The highest BCUT2D eigenvalue weighted by Crippen LogP contribution is 2.14. The molecule has 0 heterocycles. The quantitative estimate of drug-likeness (QED) is 0.612. The zero-order valence-electron chi connectivity index (χ0n) is 16.3. The number of para-hydroxylation sites is 1. The molecule has 0 aliphatic carbocycles. The highest BCUT2D eigenvalue weighted by atomic mass is 32.2. The van der Waals surface area contributed by atoms with Gasteiger partial charge in [0.15, 0.2) is 9.84 Å². The summed E-state index contributed by atoms with van der Waals surface area (Å²) in [6.45, 7) is 5.35. The molecule has 0 saturated heterocycles. The number of aryl methyl sites for hydroxylation is 1. The third kappa shape index (κ3) is 6.73. The highest BCUT2D eigenvalue weighted by Gasteiger charge is 2.16. The first-order chi connectivity index (χ1) is 13.3. The third-order valence-corrected chi connectivity index (χ3v) is 6.20. The van der Waals surface area contributed by atoms with E-state index in [0.717, 1.165) is 29.8 Å². The van der Waals surface area contributed by atoms with Crippen LogP contribution in [0.5, 0.6) is 0 Å². The first-order valence-electron chi connectivity index (χ1n) is 9.38. The largest absolute Gasteiger partial charge is 0.325 e. The van der Waals surface area contributed by atoms with E-state index in [2.05, 4.69) is 5.32 Å². The normalized spacial score (nSPS) is 11.6. The summed E-state index contributed by atoms with van der Waals surface area (Å²) in [6.07, 6.45) is 1.26. The van der Waals surface area contributed by atoms with Crippen molar-refractivity contribution in [2.45, 2.75) is 31.6 Å². The Morgan fingerprint density at radius 2 is 1.75 bits per heavy atom. The summed E-state index contributed by atoms with van der Waals surface area (Å²) in [5.74, 6) is -0.630. The molecule has 0 fully saturated rings. The van der Waals surface area contributed by atoms with Crippen molar-refractivity contribution < 1.29 is 17.6 Å². The number of nitrogens with one attached hydrogen (secondary N) is 1. The molecule has 0 radical (unpaired) electrons. The molecule has 7 heteroatoms. The number of amides is 1. The van der Waals surface area contributed by atoms with E-state index in [0.29, 0.717) is 19.5 Å². The van der Waals surface area contributed by atoms with Crippen LogP contribution in [0.4, 0.5) is 10.1 Å². The lowest BCUT2D eigenvalue weighted by Crippen LogP contribution is -2.35. The molecule has 0 aliphatic heterocycles. The maximum absolute atomic E-state index is 13.0. The van der Waals surface area contributed by atoms with Gasteiger partial charge in [0.05, 0.1) is 17.2 Å². The lowest BCUT2D eigenvalue weighted by atomic mass is 10.2. The monoisotopic (exact) mass is 406 g/mol. The van der Waals surface area contributed by atoms with Crippen LogP contribution in [0, 0.1) is 12.7 Å². The SMILES string of the molecule is CCCN(CCCS(=O)(=O)c1ccc(F)cc1)CC(=O)Nc1ccccc1C. The molecule has 0 aromatic heterocycles. The van der Waals surface area contributed by atoms with E-state index in [-0.39, 0.29) is 23.1 Å². The van der Waals surface area contributed by atoms with E-state index in [1.807, 2.05) is 43.0 Å². The molecule has 0 bridgehead atoms. The average molecular weight is 407 g/mol. The summed E-state index contributed by atoms with van der Waals surface area (Å²) < 4.78 is 37.7. The third-order valence-electron chi connectivity index (χ3n) is 4.39. The first-order valence-corrected chi connectivity index (χ1v) is 11.0. The van der Waals surface area contributed by atoms with Crippen LogP contribution in [0.15, 0.2) is 53.4 Å². The number of hydrogen-bond donors (Lipinski definition) is 1. The van der Waals surface area contributed by atoms with Gasteiger partial charge in [0.2, 0.25) is 5.91 Å². The van der Waals surface area contributed by atoms with Gasteiger partial charge in [-0.05, 0) is 68.8 Å². The minimum atomic E-state index is -3.46. The Balaban J connectivity index is 1.89. The summed E-state index contributed by atoms with van der Waals surface area (Å²) >= 11 is 0. The predicted octanol–water partition coefficient (Wildman–Crippen LogP) is 3.65. The zero-order chi connectivity index (χ0) is 20.6. The fourth-order valence-electron chi connectivity index (χ4n) is 2.93. The van der Waals surface area contributed by atoms with Gasteiger partial charge in [0.1, 0.15) is 5.82 Å². The number of anilines is 1. The number of halogens is 1. The minimum absolute atomic E-state index is 0.0434. The smallest absolute Gasteiger partial charge is 0.238 e. The van der Waals surface area contributed by atoms with Crippen molar-refractivity contribution in [3.63, 3.8) is 0 Å². The number of rotatable bonds is 10. The van der Waals surface area contributed by atoms with E-state index in [4.69, 9.17) is 0 Å². The summed E-state index contributed by atoms with van der Waals surface area (Å²) in [5, 5.41) is 2.90. The van der Waals surface area contributed by atoms with Crippen molar-refractivity contribution in [2.24, 2.45) is 0 Å². The topological polar surface area (TPSA) is 66.5 Å². The van der Waals surface area contributed by atoms with Gasteiger partial charge in [-0.3, -0.25) is 9.69 Å². The van der Waals surface area contributed by atoms with Crippen molar-refractivity contribution in [2.75, 3.05) is 30.7 Å². The van der Waals surface area contributed by atoms with Crippen LogP contribution in [0.25, 0.3) is 0 Å². The number of carbonyl (C=O) groups excluding carboxylic acids is 1. The van der Waals surface area contributed by atoms with Crippen molar-refractivity contribution >= 4 is 21.4 Å². The summed E-state index contributed by atoms with van der Waals surface area (Å²) in [5.41, 5.74) is 1.77. The number of sulfone groups is 1. The highest BCUT2D eigenvalue weighted by molar-refractivity contribution is 7.91. The van der Waals surface area contributed by atoms with Crippen molar-refractivity contribution in [3.8, 4) is 0 Å². The fraction of sp³-hybridized carbons (Fsp3) is 0.381. The molecular weight excluding hydrogens is 379 g/mol. The van der Waals surface area contributed by atoms with E-state index < -0.39 is 15.7 Å². The van der Waals surface area contributed by atoms with E-state index >= 15 is 0 Å². The van der Waals surface area contributed by atoms with Gasteiger partial charge in [-0.2, -0.15) is 0 Å². The van der Waals surface area contributed by atoms with Crippen LogP contribution in [0.2, 0.25) is 0 Å². The Kier molecular flexibility index (Phi) is 8.14. The average Bonchev–Trinajstić information content (AvgIpc) is 2.64. The molecule has 0 spiro atoms. The number of hydrogen-bond acceptors (Lipinski definition) is 4. The molecule has 2 rings (SSSR count). The second-order valence-corrected chi connectivity index (χ2v) is 8.87. The van der Waals surface area contributed by atoms with Crippen LogP contribution < -0.4 is 5.32 Å². The van der Waals surface area contributed by atoms with Crippen LogP contribution in [-0.4, -0.2) is 44.6 Å². The van der Waals surface area contributed by atoms with E-state index in [1.165, 1.54) is 12.1 Å². The fourth-order valence-corrected chi connectivity index (χ4v) is 4.23. The lowest BCUT2D eigenvalue weighted by molar-refractivity contribution is -0.117. The molecular formula is C21H27FN2O3S. The van der Waals surface area contributed by atoms with Crippen LogP contribution in [0.3, 0.4) is 0 Å². The Labute approximate surface area is 166 Å². The summed E-state index contributed by atoms with van der Waals surface area (Å²) in [6, 6.07) is 12.4. The molecule has 5 nitrogen and oxygen atoms in total. The van der Waals surface area contributed by atoms with Gasteiger partial charge in [-0.15, -0.1) is 0 Å². The second kappa shape index (κ2) is 10.3. The van der Waals surface area contributed by atoms with Gasteiger partial charge in [-0.25, -0.2) is 12.8 Å². The molecule has 28 heavy (non-hydrogen) atoms. The second-order valence-electron chi connectivity index (χ2n) is 6.77. The minimum Gasteiger partial charge on any atom is -0.325 e. The zero-order valence-corrected chi connectivity index (χ0v) is 17.1. The maximum Gasteiger partial charge on any atom is 0.238 e. The Bertz CT molecular complexity index is 883. The molecule has 152 valence electrons. The molecule has 0 atom stereocenters. The van der Waals surface area contributed by atoms with Crippen LogP contribution in [0.1, 0.15) is 25.3 Å². The Morgan fingerprint density at radius 3 is 2.39 bits per heavy atom. The van der Waals surface area contributed by atoms with Crippen molar-refractivity contribution in [1.29, 1.82) is 0 Å². The number of benzene rings is 2. The molecule has 1 N–H and O–H groups in total.